The Labute approximate surface area is 161 Å². The Morgan fingerprint density at radius 3 is 2.42 bits per heavy atom. The van der Waals surface area contributed by atoms with Crippen LogP contribution in [0.4, 0.5) is 0 Å². The van der Waals surface area contributed by atoms with Crippen molar-refractivity contribution < 1.29 is 0 Å². The number of pyridine rings is 1. The molecule has 0 spiro atoms. The second-order valence-corrected chi connectivity index (χ2v) is 7.54. The van der Waals surface area contributed by atoms with Gasteiger partial charge in [0, 0.05) is 48.1 Å². The van der Waals surface area contributed by atoms with Crippen molar-refractivity contribution in [3.8, 4) is 16.9 Å². The Morgan fingerprint density at radius 2 is 1.73 bits per heavy atom. The fourth-order valence-electron chi connectivity index (χ4n) is 3.30. The monoisotopic (exact) mass is 412 g/mol. The highest BCUT2D eigenvalue weighted by molar-refractivity contribution is 9.10. The standard InChI is InChI=1S/C19H21BrN6/c20-15-1-3-17(4-2-15)26-19(14-5-9-22-10-6-14)18(23-24-26)13-25-11-7-16(21)8-12-25/h1-6,9-10,16H,7-8,11-13,21H2. The molecule has 1 aromatic carbocycles. The third kappa shape index (κ3) is 3.70. The minimum atomic E-state index is 0.323. The van der Waals surface area contributed by atoms with E-state index in [1.54, 1.807) is 12.4 Å². The highest BCUT2D eigenvalue weighted by Gasteiger charge is 2.21. The Bertz CT molecular complexity index is 853. The summed E-state index contributed by atoms with van der Waals surface area (Å²) in [5.74, 6) is 0. The van der Waals surface area contributed by atoms with Crippen molar-refractivity contribution in [2.45, 2.75) is 25.4 Å². The number of hydrogen-bond donors (Lipinski definition) is 1. The zero-order chi connectivity index (χ0) is 17.9. The molecule has 2 aromatic heterocycles. The second kappa shape index (κ2) is 7.65. The lowest BCUT2D eigenvalue weighted by molar-refractivity contribution is 0.204. The predicted molar refractivity (Wildman–Crippen MR) is 105 cm³/mol. The van der Waals surface area contributed by atoms with Crippen LogP contribution >= 0.6 is 15.9 Å². The molecular formula is C19H21BrN6. The van der Waals surface area contributed by atoms with Gasteiger partial charge >= 0.3 is 0 Å². The largest absolute Gasteiger partial charge is 0.328 e. The summed E-state index contributed by atoms with van der Waals surface area (Å²) in [6.45, 7) is 2.78. The van der Waals surface area contributed by atoms with Gasteiger partial charge in [0.15, 0.2) is 0 Å². The maximum absolute atomic E-state index is 6.03. The molecule has 0 unspecified atom stereocenters. The van der Waals surface area contributed by atoms with E-state index in [0.717, 1.165) is 59.6 Å². The van der Waals surface area contributed by atoms with Crippen LogP contribution in [0, 0.1) is 0 Å². The van der Waals surface area contributed by atoms with Crippen LogP contribution in [0.1, 0.15) is 18.5 Å². The van der Waals surface area contributed by atoms with E-state index in [-0.39, 0.29) is 0 Å². The van der Waals surface area contributed by atoms with Crippen LogP contribution in [0.3, 0.4) is 0 Å². The van der Waals surface area contributed by atoms with Crippen LogP contribution in [0.2, 0.25) is 0 Å². The lowest BCUT2D eigenvalue weighted by Gasteiger charge is -2.29. The van der Waals surface area contributed by atoms with Gasteiger partial charge < -0.3 is 5.73 Å². The van der Waals surface area contributed by atoms with Crippen LogP contribution < -0.4 is 5.73 Å². The first-order valence-corrected chi connectivity index (χ1v) is 9.59. The summed E-state index contributed by atoms with van der Waals surface area (Å²) in [4.78, 5) is 6.55. The lowest BCUT2D eigenvalue weighted by atomic mass is 10.1. The van der Waals surface area contributed by atoms with Gasteiger partial charge in [0.25, 0.3) is 0 Å². The second-order valence-electron chi connectivity index (χ2n) is 6.62. The van der Waals surface area contributed by atoms with Crippen molar-refractivity contribution >= 4 is 15.9 Å². The number of nitrogens with zero attached hydrogens (tertiary/aromatic N) is 5. The van der Waals surface area contributed by atoms with Crippen molar-refractivity contribution in [1.82, 2.24) is 24.9 Å². The van der Waals surface area contributed by atoms with Gasteiger partial charge in [-0.2, -0.15) is 0 Å². The van der Waals surface area contributed by atoms with E-state index in [1.807, 2.05) is 41.1 Å². The Kier molecular flexibility index (Phi) is 5.10. The maximum atomic E-state index is 6.03. The lowest BCUT2D eigenvalue weighted by Crippen LogP contribution is -2.39. The van der Waals surface area contributed by atoms with Crippen molar-refractivity contribution in [2.75, 3.05) is 13.1 Å². The van der Waals surface area contributed by atoms with Crippen LogP contribution in [-0.4, -0.2) is 44.0 Å². The van der Waals surface area contributed by atoms with Gasteiger partial charge in [-0.3, -0.25) is 9.88 Å². The summed E-state index contributed by atoms with van der Waals surface area (Å²) in [5.41, 5.74) is 10.1. The number of piperidine rings is 1. The molecule has 1 aliphatic heterocycles. The van der Waals surface area contributed by atoms with Crippen LogP contribution in [0.5, 0.6) is 0 Å². The number of nitrogens with two attached hydrogens (primary N) is 1. The molecule has 7 heteroatoms. The minimum Gasteiger partial charge on any atom is -0.328 e. The third-order valence-corrected chi connectivity index (χ3v) is 5.30. The first-order chi connectivity index (χ1) is 12.7. The molecule has 26 heavy (non-hydrogen) atoms. The summed E-state index contributed by atoms with van der Waals surface area (Å²) < 4.78 is 2.95. The van der Waals surface area contributed by atoms with Gasteiger partial charge in [0.1, 0.15) is 5.69 Å². The Balaban J connectivity index is 1.71. The topological polar surface area (TPSA) is 72.9 Å². The molecule has 3 aromatic rings. The highest BCUT2D eigenvalue weighted by atomic mass is 79.9. The molecule has 134 valence electrons. The van der Waals surface area contributed by atoms with Gasteiger partial charge in [0.05, 0.1) is 11.4 Å². The molecule has 1 saturated heterocycles. The molecule has 3 heterocycles. The molecule has 0 saturated carbocycles. The van der Waals surface area contributed by atoms with E-state index in [2.05, 4.69) is 36.1 Å². The number of halogens is 1. The third-order valence-electron chi connectivity index (χ3n) is 4.77. The van der Waals surface area contributed by atoms with Crippen LogP contribution in [-0.2, 0) is 6.54 Å². The van der Waals surface area contributed by atoms with E-state index in [9.17, 15) is 0 Å². The molecule has 1 fully saturated rings. The highest BCUT2D eigenvalue weighted by Crippen LogP contribution is 2.27. The number of hydrogen-bond acceptors (Lipinski definition) is 5. The molecule has 6 nitrogen and oxygen atoms in total. The molecule has 0 amide bonds. The summed E-state index contributed by atoms with van der Waals surface area (Å²) in [6, 6.07) is 12.4. The summed E-state index contributed by atoms with van der Waals surface area (Å²) in [5, 5.41) is 8.96. The maximum Gasteiger partial charge on any atom is 0.105 e. The molecule has 0 radical (unpaired) electrons. The zero-order valence-electron chi connectivity index (χ0n) is 14.4. The number of rotatable bonds is 4. The van der Waals surface area contributed by atoms with Gasteiger partial charge in [0.2, 0.25) is 0 Å². The summed E-state index contributed by atoms with van der Waals surface area (Å²) >= 11 is 3.49. The number of aromatic nitrogens is 4. The average Bonchev–Trinajstić information content (AvgIpc) is 3.08. The zero-order valence-corrected chi connectivity index (χ0v) is 16.0. The predicted octanol–water partition coefficient (Wildman–Crippen LogP) is 3.01. The summed E-state index contributed by atoms with van der Waals surface area (Å²) in [6.07, 6.45) is 5.67. The number of benzene rings is 1. The van der Waals surface area contributed by atoms with Crippen molar-refractivity contribution in [2.24, 2.45) is 5.73 Å². The SMILES string of the molecule is NC1CCN(Cc2nnn(-c3ccc(Br)cc3)c2-c2ccncc2)CC1. The van der Waals surface area contributed by atoms with E-state index in [0.29, 0.717) is 6.04 Å². The van der Waals surface area contributed by atoms with Crippen molar-refractivity contribution in [3.05, 3.63) is 59.0 Å². The minimum absolute atomic E-state index is 0.323. The van der Waals surface area contributed by atoms with Crippen molar-refractivity contribution in [3.63, 3.8) is 0 Å². The molecule has 2 N–H and O–H groups in total. The fraction of sp³-hybridized carbons (Fsp3) is 0.316. The van der Waals surface area contributed by atoms with E-state index >= 15 is 0 Å². The molecule has 0 aliphatic carbocycles. The van der Waals surface area contributed by atoms with E-state index in [4.69, 9.17) is 5.73 Å². The van der Waals surface area contributed by atoms with E-state index < -0.39 is 0 Å². The van der Waals surface area contributed by atoms with Crippen LogP contribution in [0.25, 0.3) is 16.9 Å². The fourth-order valence-corrected chi connectivity index (χ4v) is 3.57. The molecule has 4 rings (SSSR count). The molecule has 0 bridgehead atoms. The van der Waals surface area contributed by atoms with Gasteiger partial charge in [-0.15, -0.1) is 5.10 Å². The molecule has 0 atom stereocenters. The van der Waals surface area contributed by atoms with E-state index in [1.165, 1.54) is 0 Å². The Morgan fingerprint density at radius 1 is 1.04 bits per heavy atom. The number of likely N-dealkylation sites (tertiary alicyclic amines) is 1. The van der Waals surface area contributed by atoms with Crippen LogP contribution in [0.15, 0.2) is 53.3 Å². The average molecular weight is 413 g/mol. The molecule has 1 aliphatic rings. The van der Waals surface area contributed by atoms with Gasteiger partial charge in [-0.1, -0.05) is 21.1 Å². The Hall–Kier alpha value is -2.09. The molecular weight excluding hydrogens is 392 g/mol. The van der Waals surface area contributed by atoms with Gasteiger partial charge in [-0.05, 0) is 49.2 Å². The first kappa shape index (κ1) is 17.3. The normalized spacial score (nSPS) is 16.1. The van der Waals surface area contributed by atoms with Gasteiger partial charge in [-0.25, -0.2) is 4.68 Å². The van der Waals surface area contributed by atoms with Crippen molar-refractivity contribution in [1.29, 1.82) is 0 Å². The first-order valence-electron chi connectivity index (χ1n) is 8.79. The quantitative estimate of drug-likeness (QED) is 0.712. The smallest absolute Gasteiger partial charge is 0.105 e. The summed E-state index contributed by atoms with van der Waals surface area (Å²) in [7, 11) is 0.